The molecule has 0 radical (unpaired) electrons. The minimum atomic E-state index is -1.25. The van der Waals surface area contributed by atoms with Crippen molar-refractivity contribution >= 4 is 22.9 Å². The van der Waals surface area contributed by atoms with Crippen LogP contribution in [0.3, 0.4) is 0 Å². The van der Waals surface area contributed by atoms with Crippen LogP contribution >= 0.6 is 0 Å². The summed E-state index contributed by atoms with van der Waals surface area (Å²) in [6, 6.07) is 0.400. The Morgan fingerprint density at radius 3 is 2.64 bits per heavy atom. The van der Waals surface area contributed by atoms with E-state index in [-0.39, 0.29) is 11.0 Å². The van der Waals surface area contributed by atoms with E-state index in [9.17, 15) is 19.5 Å². The van der Waals surface area contributed by atoms with Crippen LogP contribution in [-0.2, 0) is 11.8 Å². The minimum Gasteiger partial charge on any atom is -0.506 e. The van der Waals surface area contributed by atoms with Gasteiger partial charge in [0.25, 0.3) is 11.5 Å². The zero-order valence-electron chi connectivity index (χ0n) is 12.2. The molecule has 0 unspecified atom stereocenters. The van der Waals surface area contributed by atoms with Crippen molar-refractivity contribution in [1.82, 2.24) is 14.9 Å². The molecule has 0 bridgehead atoms. The molecule has 2 heterocycles. The Hall–Kier alpha value is -2.90. The van der Waals surface area contributed by atoms with Crippen LogP contribution in [0.2, 0.25) is 0 Å². The summed E-state index contributed by atoms with van der Waals surface area (Å²) >= 11 is 0. The summed E-state index contributed by atoms with van der Waals surface area (Å²) in [5, 5.41) is 21.4. The summed E-state index contributed by atoms with van der Waals surface area (Å²) in [5.41, 5.74) is -0.283. The predicted molar refractivity (Wildman–Crippen MR) is 77.9 cm³/mol. The zero-order valence-corrected chi connectivity index (χ0v) is 12.2. The molecule has 2 aromatic heterocycles. The Bertz CT molecular complexity index is 840. The van der Waals surface area contributed by atoms with Gasteiger partial charge in [0.2, 0.25) is 0 Å². The van der Waals surface area contributed by atoms with Crippen LogP contribution in [0.1, 0.15) is 22.8 Å². The minimum absolute atomic E-state index is 0.232. The summed E-state index contributed by atoms with van der Waals surface area (Å²) in [4.78, 5) is 39.2. The molecular formula is C14H15N3O5. The maximum atomic E-state index is 12.2. The van der Waals surface area contributed by atoms with E-state index in [0.29, 0.717) is 0 Å². The highest BCUT2D eigenvalue weighted by Gasteiger charge is 2.24. The number of carboxylic acid groups (broad SMARTS) is 1. The molecule has 0 fully saturated rings. The molecule has 116 valence electrons. The lowest BCUT2D eigenvalue weighted by atomic mass is 10.1. The molecule has 0 aliphatic heterocycles. The number of aliphatic carboxylic acids is 1. The molecule has 0 aliphatic rings. The fourth-order valence-corrected chi connectivity index (χ4v) is 2.04. The summed E-state index contributed by atoms with van der Waals surface area (Å²) in [5.74, 6) is -2.70. The molecule has 3 N–H and O–H groups in total. The zero-order chi connectivity index (χ0) is 16.6. The van der Waals surface area contributed by atoms with Gasteiger partial charge in [-0.3, -0.25) is 19.0 Å². The number of carboxylic acids is 1. The molecule has 1 atom stereocenters. The lowest BCUT2D eigenvalue weighted by Gasteiger charge is -2.13. The maximum absolute atomic E-state index is 12.2. The Morgan fingerprint density at radius 1 is 1.41 bits per heavy atom. The molecule has 1 amide bonds. The van der Waals surface area contributed by atoms with Crippen LogP contribution in [0.5, 0.6) is 5.75 Å². The van der Waals surface area contributed by atoms with Crippen LogP contribution in [0.4, 0.5) is 0 Å². The average molecular weight is 305 g/mol. The van der Waals surface area contributed by atoms with E-state index in [2.05, 4.69) is 10.3 Å². The van der Waals surface area contributed by atoms with E-state index < -0.39 is 34.8 Å². The van der Waals surface area contributed by atoms with Gasteiger partial charge in [-0.15, -0.1) is 0 Å². The highest BCUT2D eigenvalue weighted by Crippen LogP contribution is 2.25. The van der Waals surface area contributed by atoms with Crippen LogP contribution in [0.15, 0.2) is 17.1 Å². The molecule has 2 aromatic rings. The van der Waals surface area contributed by atoms with Gasteiger partial charge in [0.15, 0.2) is 0 Å². The number of amides is 1. The lowest BCUT2D eigenvalue weighted by molar-refractivity contribution is -0.138. The van der Waals surface area contributed by atoms with Gasteiger partial charge >= 0.3 is 5.97 Å². The van der Waals surface area contributed by atoms with Gasteiger partial charge in [-0.1, -0.05) is 0 Å². The first-order valence-electron chi connectivity index (χ1n) is 6.46. The van der Waals surface area contributed by atoms with Crippen LogP contribution < -0.4 is 10.9 Å². The second-order valence-corrected chi connectivity index (χ2v) is 5.00. The summed E-state index contributed by atoms with van der Waals surface area (Å²) in [6.45, 7) is 3.01. The van der Waals surface area contributed by atoms with E-state index in [4.69, 9.17) is 5.11 Å². The number of nitrogens with one attached hydrogen (secondary N) is 1. The Balaban J connectivity index is 2.66. The average Bonchev–Trinajstić information content (AvgIpc) is 2.44. The standard InChI is InChI=1S/C14H15N3O5/c1-6-4-8-10(18)9(12(19)16-7(2)14(21)22)13(20)17(3)11(8)15-5-6/h4-5,7,18H,1-3H3,(H,16,19)(H,21,22)/t7-/m0/s1. The third-order valence-electron chi connectivity index (χ3n) is 3.28. The van der Waals surface area contributed by atoms with Crippen molar-refractivity contribution in [2.24, 2.45) is 7.05 Å². The van der Waals surface area contributed by atoms with Gasteiger partial charge in [0.05, 0.1) is 5.39 Å². The van der Waals surface area contributed by atoms with E-state index >= 15 is 0 Å². The fraction of sp³-hybridized carbons (Fsp3) is 0.286. The van der Waals surface area contributed by atoms with Crippen LogP contribution in [-0.4, -0.2) is 37.7 Å². The van der Waals surface area contributed by atoms with Crippen molar-refractivity contribution in [3.05, 3.63) is 33.7 Å². The monoisotopic (exact) mass is 305 g/mol. The van der Waals surface area contributed by atoms with Gasteiger partial charge in [-0.2, -0.15) is 0 Å². The predicted octanol–water partition coefficient (Wildman–Crippen LogP) is 0.150. The van der Waals surface area contributed by atoms with Crippen molar-refractivity contribution in [1.29, 1.82) is 0 Å². The quantitative estimate of drug-likeness (QED) is 0.742. The summed E-state index contributed by atoms with van der Waals surface area (Å²) in [6.07, 6.45) is 1.54. The van der Waals surface area contributed by atoms with Gasteiger partial charge in [0.1, 0.15) is 23.0 Å². The number of rotatable bonds is 3. The molecule has 22 heavy (non-hydrogen) atoms. The van der Waals surface area contributed by atoms with Crippen LogP contribution in [0.25, 0.3) is 11.0 Å². The van der Waals surface area contributed by atoms with Crippen molar-refractivity contribution < 1.29 is 19.8 Å². The highest BCUT2D eigenvalue weighted by atomic mass is 16.4. The molecular weight excluding hydrogens is 290 g/mol. The Labute approximate surface area is 125 Å². The molecule has 0 saturated carbocycles. The van der Waals surface area contributed by atoms with Crippen molar-refractivity contribution in [3.8, 4) is 5.75 Å². The molecule has 8 heteroatoms. The second-order valence-electron chi connectivity index (χ2n) is 5.00. The number of nitrogens with zero attached hydrogens (tertiary/aromatic N) is 2. The van der Waals surface area contributed by atoms with Crippen molar-refractivity contribution in [2.75, 3.05) is 0 Å². The number of fused-ring (bicyclic) bond motifs is 1. The SMILES string of the molecule is Cc1cnc2c(c1)c(O)c(C(=O)N[C@@H](C)C(=O)O)c(=O)n2C. The summed E-state index contributed by atoms with van der Waals surface area (Å²) < 4.78 is 1.13. The number of aromatic nitrogens is 2. The van der Waals surface area contributed by atoms with Crippen molar-refractivity contribution in [3.63, 3.8) is 0 Å². The first-order valence-corrected chi connectivity index (χ1v) is 6.46. The number of aromatic hydroxyl groups is 1. The molecule has 0 aliphatic carbocycles. The van der Waals surface area contributed by atoms with Crippen LogP contribution in [0, 0.1) is 6.92 Å². The number of hydrogen-bond donors (Lipinski definition) is 3. The van der Waals surface area contributed by atoms with Gasteiger partial charge in [-0.05, 0) is 25.5 Å². The number of carbonyl (C=O) groups is 2. The normalized spacial score (nSPS) is 12.1. The van der Waals surface area contributed by atoms with Gasteiger partial charge in [0, 0.05) is 13.2 Å². The third kappa shape index (κ3) is 2.50. The first kappa shape index (κ1) is 15.5. The highest BCUT2D eigenvalue weighted by molar-refractivity contribution is 6.02. The Morgan fingerprint density at radius 2 is 2.05 bits per heavy atom. The third-order valence-corrected chi connectivity index (χ3v) is 3.28. The number of carbonyl (C=O) groups excluding carboxylic acids is 1. The molecule has 2 rings (SSSR count). The smallest absolute Gasteiger partial charge is 0.325 e. The van der Waals surface area contributed by atoms with Gasteiger partial charge < -0.3 is 15.5 Å². The topological polar surface area (TPSA) is 122 Å². The number of aryl methyl sites for hydroxylation is 2. The van der Waals surface area contributed by atoms with E-state index in [0.717, 1.165) is 10.1 Å². The molecule has 0 saturated heterocycles. The molecule has 0 spiro atoms. The van der Waals surface area contributed by atoms with E-state index in [1.54, 1.807) is 13.0 Å². The number of hydrogen-bond acceptors (Lipinski definition) is 5. The first-order chi connectivity index (χ1) is 10.2. The molecule has 0 aromatic carbocycles. The largest absolute Gasteiger partial charge is 0.506 e. The van der Waals surface area contributed by atoms with E-state index in [1.165, 1.54) is 20.2 Å². The van der Waals surface area contributed by atoms with E-state index in [1.807, 2.05) is 0 Å². The molecule has 8 nitrogen and oxygen atoms in total. The second kappa shape index (κ2) is 5.47. The fourth-order valence-electron chi connectivity index (χ4n) is 2.04. The van der Waals surface area contributed by atoms with Crippen molar-refractivity contribution in [2.45, 2.75) is 19.9 Å². The maximum Gasteiger partial charge on any atom is 0.325 e. The summed E-state index contributed by atoms with van der Waals surface area (Å²) in [7, 11) is 1.42. The number of pyridine rings is 2. The van der Waals surface area contributed by atoms with Gasteiger partial charge in [-0.25, -0.2) is 4.98 Å². The lowest BCUT2D eigenvalue weighted by Crippen LogP contribution is -2.41. The Kier molecular flexibility index (Phi) is 3.85.